The molecule has 2 bridgehead atoms. The largest absolute Gasteiger partial charge is 0.396 e. The third kappa shape index (κ3) is 1.80. The van der Waals surface area contributed by atoms with E-state index in [1.165, 1.54) is 23.1 Å². The molecule has 2 heteroatoms. The van der Waals surface area contributed by atoms with Gasteiger partial charge in [0.25, 0.3) is 0 Å². The second kappa shape index (κ2) is 4.11. The first-order valence-electron chi connectivity index (χ1n) is 6.62. The Labute approximate surface area is 103 Å². The van der Waals surface area contributed by atoms with Crippen molar-refractivity contribution in [3.05, 3.63) is 34.9 Å². The van der Waals surface area contributed by atoms with E-state index in [1.54, 1.807) is 0 Å². The number of benzene rings is 1. The SMILES string of the molecule is Cc1ccc2c(c1)C[C@@H]1CC[C@@]2(CCCO)O1. The topological polar surface area (TPSA) is 29.5 Å². The molecule has 2 heterocycles. The Balaban J connectivity index is 2.00. The molecular weight excluding hydrogens is 212 g/mol. The first-order chi connectivity index (χ1) is 8.23. The summed E-state index contributed by atoms with van der Waals surface area (Å²) in [7, 11) is 0. The normalized spacial score (nSPS) is 30.4. The van der Waals surface area contributed by atoms with Crippen LogP contribution in [-0.4, -0.2) is 17.8 Å². The van der Waals surface area contributed by atoms with Crippen LogP contribution in [0.5, 0.6) is 0 Å². The van der Waals surface area contributed by atoms with Gasteiger partial charge in [0.2, 0.25) is 0 Å². The highest BCUT2D eigenvalue weighted by Crippen LogP contribution is 2.48. The standard InChI is InChI=1S/C15H20O2/c1-11-3-4-14-12(9-11)10-13-5-7-15(14,17-13)6-2-8-16/h3-4,9,13,16H,2,5-8,10H2,1H3/t13-,15+/m0/s1. The minimum atomic E-state index is -0.0886. The van der Waals surface area contributed by atoms with Gasteiger partial charge in [-0.3, -0.25) is 0 Å². The van der Waals surface area contributed by atoms with Crippen LogP contribution in [0.15, 0.2) is 18.2 Å². The molecule has 0 aliphatic carbocycles. The van der Waals surface area contributed by atoms with Gasteiger partial charge in [-0.1, -0.05) is 23.8 Å². The third-order valence-corrected chi connectivity index (χ3v) is 4.20. The molecule has 0 radical (unpaired) electrons. The van der Waals surface area contributed by atoms with E-state index in [0.717, 1.165) is 25.7 Å². The van der Waals surface area contributed by atoms with Gasteiger partial charge in [-0.05, 0) is 50.2 Å². The van der Waals surface area contributed by atoms with Gasteiger partial charge in [0.05, 0.1) is 11.7 Å². The van der Waals surface area contributed by atoms with Crippen molar-refractivity contribution in [3.63, 3.8) is 0 Å². The highest BCUT2D eigenvalue weighted by Gasteiger charge is 2.45. The van der Waals surface area contributed by atoms with Crippen molar-refractivity contribution < 1.29 is 9.84 Å². The Bertz CT molecular complexity index is 427. The van der Waals surface area contributed by atoms with Crippen molar-refractivity contribution in [3.8, 4) is 0 Å². The summed E-state index contributed by atoms with van der Waals surface area (Å²) in [5, 5.41) is 9.06. The van der Waals surface area contributed by atoms with E-state index in [0.29, 0.717) is 6.10 Å². The zero-order valence-electron chi connectivity index (χ0n) is 10.4. The molecule has 0 spiro atoms. The second-order valence-electron chi connectivity index (χ2n) is 5.46. The molecule has 2 aliphatic rings. The van der Waals surface area contributed by atoms with Crippen LogP contribution in [0.25, 0.3) is 0 Å². The molecule has 1 saturated heterocycles. The van der Waals surface area contributed by atoms with Gasteiger partial charge in [0.1, 0.15) is 0 Å². The lowest BCUT2D eigenvalue weighted by Crippen LogP contribution is -2.33. The molecule has 0 aromatic heterocycles. The summed E-state index contributed by atoms with van der Waals surface area (Å²) in [6.07, 6.45) is 5.55. The van der Waals surface area contributed by atoms with Crippen LogP contribution in [-0.2, 0) is 16.8 Å². The van der Waals surface area contributed by atoms with Gasteiger partial charge in [-0.25, -0.2) is 0 Å². The second-order valence-corrected chi connectivity index (χ2v) is 5.46. The van der Waals surface area contributed by atoms with Crippen LogP contribution in [0.1, 0.15) is 42.4 Å². The molecule has 0 saturated carbocycles. The molecular formula is C15H20O2. The smallest absolute Gasteiger partial charge is 0.0939 e. The van der Waals surface area contributed by atoms with Crippen LogP contribution in [0.4, 0.5) is 0 Å². The number of hydrogen-bond donors (Lipinski definition) is 1. The molecule has 0 amide bonds. The molecule has 0 unspecified atom stereocenters. The number of aryl methyl sites for hydroxylation is 1. The molecule has 3 rings (SSSR count). The Kier molecular flexibility index (Phi) is 2.72. The maximum Gasteiger partial charge on any atom is 0.0939 e. The summed E-state index contributed by atoms with van der Waals surface area (Å²) in [5.41, 5.74) is 4.10. The van der Waals surface area contributed by atoms with E-state index in [4.69, 9.17) is 9.84 Å². The van der Waals surface area contributed by atoms with Crippen LogP contribution >= 0.6 is 0 Å². The molecule has 1 aromatic carbocycles. The number of aliphatic hydroxyl groups excluding tert-OH is 1. The minimum absolute atomic E-state index is 0.0886. The number of fused-ring (bicyclic) bond motifs is 4. The predicted octanol–water partition coefficient (Wildman–Crippen LogP) is 2.70. The first kappa shape index (κ1) is 11.2. The van der Waals surface area contributed by atoms with E-state index < -0.39 is 0 Å². The van der Waals surface area contributed by atoms with Crippen LogP contribution in [0.2, 0.25) is 0 Å². The van der Waals surface area contributed by atoms with Crippen molar-refractivity contribution in [2.75, 3.05) is 6.61 Å². The molecule has 2 atom stereocenters. The first-order valence-corrected chi connectivity index (χ1v) is 6.62. The van der Waals surface area contributed by atoms with Gasteiger partial charge >= 0.3 is 0 Å². The Morgan fingerprint density at radius 1 is 1.47 bits per heavy atom. The molecule has 17 heavy (non-hydrogen) atoms. The van der Waals surface area contributed by atoms with E-state index >= 15 is 0 Å². The van der Waals surface area contributed by atoms with Crippen LogP contribution in [0.3, 0.4) is 0 Å². The van der Waals surface area contributed by atoms with E-state index in [-0.39, 0.29) is 12.2 Å². The predicted molar refractivity (Wildman–Crippen MR) is 67.0 cm³/mol. The lowest BCUT2D eigenvalue weighted by Gasteiger charge is -2.36. The Hall–Kier alpha value is -0.860. The van der Waals surface area contributed by atoms with E-state index in [1.807, 2.05) is 0 Å². The number of ether oxygens (including phenoxy) is 1. The maximum atomic E-state index is 9.06. The van der Waals surface area contributed by atoms with Crippen molar-refractivity contribution in [2.45, 2.75) is 50.7 Å². The van der Waals surface area contributed by atoms with Crippen molar-refractivity contribution >= 4 is 0 Å². The van der Waals surface area contributed by atoms with Gasteiger partial charge in [0, 0.05) is 6.61 Å². The van der Waals surface area contributed by atoms with Gasteiger partial charge in [-0.2, -0.15) is 0 Å². The maximum absolute atomic E-state index is 9.06. The molecule has 2 aliphatic heterocycles. The summed E-state index contributed by atoms with van der Waals surface area (Å²) in [4.78, 5) is 0. The number of aliphatic hydroxyl groups is 1. The van der Waals surface area contributed by atoms with Crippen molar-refractivity contribution in [1.29, 1.82) is 0 Å². The number of rotatable bonds is 3. The zero-order chi connectivity index (χ0) is 11.9. The zero-order valence-corrected chi connectivity index (χ0v) is 10.4. The Morgan fingerprint density at radius 3 is 3.18 bits per heavy atom. The fourth-order valence-electron chi connectivity index (χ4n) is 3.44. The van der Waals surface area contributed by atoms with Gasteiger partial charge in [0.15, 0.2) is 0 Å². The summed E-state index contributed by atoms with van der Waals surface area (Å²) in [6.45, 7) is 2.41. The fourth-order valence-corrected chi connectivity index (χ4v) is 3.44. The van der Waals surface area contributed by atoms with Crippen LogP contribution < -0.4 is 0 Å². The molecule has 1 fully saturated rings. The lowest BCUT2D eigenvalue weighted by atomic mass is 9.83. The average Bonchev–Trinajstić information content (AvgIpc) is 2.66. The van der Waals surface area contributed by atoms with Crippen molar-refractivity contribution in [2.24, 2.45) is 0 Å². The summed E-state index contributed by atoms with van der Waals surface area (Å²) < 4.78 is 6.24. The van der Waals surface area contributed by atoms with E-state index in [9.17, 15) is 0 Å². The fraction of sp³-hybridized carbons (Fsp3) is 0.600. The molecule has 1 N–H and O–H groups in total. The lowest BCUT2D eigenvalue weighted by molar-refractivity contribution is -0.0653. The van der Waals surface area contributed by atoms with Crippen LogP contribution in [0, 0.1) is 6.92 Å². The highest BCUT2D eigenvalue weighted by atomic mass is 16.5. The van der Waals surface area contributed by atoms with Crippen molar-refractivity contribution in [1.82, 2.24) is 0 Å². The Morgan fingerprint density at radius 2 is 2.35 bits per heavy atom. The highest BCUT2D eigenvalue weighted by molar-refractivity contribution is 5.39. The van der Waals surface area contributed by atoms with Gasteiger partial charge < -0.3 is 9.84 Å². The summed E-state index contributed by atoms with van der Waals surface area (Å²) >= 11 is 0. The quantitative estimate of drug-likeness (QED) is 0.868. The van der Waals surface area contributed by atoms with Gasteiger partial charge in [-0.15, -0.1) is 0 Å². The number of hydrogen-bond acceptors (Lipinski definition) is 2. The average molecular weight is 232 g/mol. The summed E-state index contributed by atoms with van der Waals surface area (Å²) in [6, 6.07) is 6.73. The molecule has 92 valence electrons. The molecule has 2 nitrogen and oxygen atoms in total. The third-order valence-electron chi connectivity index (χ3n) is 4.20. The molecule has 1 aromatic rings. The monoisotopic (exact) mass is 232 g/mol. The minimum Gasteiger partial charge on any atom is -0.396 e. The summed E-state index contributed by atoms with van der Waals surface area (Å²) in [5.74, 6) is 0. The van der Waals surface area contributed by atoms with E-state index in [2.05, 4.69) is 25.1 Å².